The molecule has 0 spiro atoms. The van der Waals surface area contributed by atoms with E-state index in [2.05, 4.69) is 387 Å². The van der Waals surface area contributed by atoms with Gasteiger partial charge in [0.25, 0.3) is 0 Å². The van der Waals surface area contributed by atoms with E-state index in [4.69, 9.17) is 15.9 Å². The summed E-state index contributed by atoms with van der Waals surface area (Å²) in [5, 5.41) is 18.7. The zero-order chi connectivity index (χ0) is 78.0. The van der Waals surface area contributed by atoms with Crippen LogP contribution in [0.25, 0.3) is 186 Å². The van der Waals surface area contributed by atoms with E-state index in [1.807, 2.05) is 12.1 Å². The Balaban J connectivity index is 0.743. The molecule has 0 fully saturated rings. The highest BCUT2D eigenvalue weighted by atomic mass is 16.5. The second-order valence-electron chi connectivity index (χ2n) is 30.5. The number of fused-ring (bicyclic) bond motifs is 12. The van der Waals surface area contributed by atoms with Gasteiger partial charge < -0.3 is 18.6 Å². The summed E-state index contributed by atoms with van der Waals surface area (Å²) in [4.78, 5) is 0. The molecule has 19 aromatic rings. The molecule has 116 heavy (non-hydrogen) atoms. The van der Waals surface area contributed by atoms with Crippen molar-refractivity contribution >= 4 is 108 Å². The van der Waals surface area contributed by atoms with Gasteiger partial charge in [0, 0.05) is 56.6 Å². The lowest BCUT2D eigenvalue weighted by molar-refractivity contribution is 0.304. The Morgan fingerprint density at radius 1 is 0.267 bits per heavy atom. The zero-order valence-corrected chi connectivity index (χ0v) is 65.2. The lowest BCUT2D eigenvalue weighted by Gasteiger charge is -2.20. The number of unbranched alkanes of at least 4 members (excludes halogenated alkanes) is 7. The maximum absolute atomic E-state index is 6.44. The summed E-state index contributed by atoms with van der Waals surface area (Å²) < 4.78 is 17.3. The first kappa shape index (κ1) is 71.6. The summed E-state index contributed by atoms with van der Waals surface area (Å²) in [5.41, 5.74) is 23.2. The first-order valence-electron chi connectivity index (χ1n) is 40.4. The summed E-state index contributed by atoms with van der Waals surface area (Å²) in [6, 6.07) is 118. The topological polar surface area (TPSA) is 28.3 Å². The second-order valence-corrected chi connectivity index (χ2v) is 30.5. The molecule has 0 unspecified atom stereocenters. The average molecular weight is 1490 g/mol. The number of hydrogen-bond acceptors (Lipinski definition) is 2. The minimum Gasteiger partial charge on any atom is -0.494 e. The summed E-state index contributed by atoms with van der Waals surface area (Å²) in [7, 11) is 0. The smallest absolute Gasteiger partial charge is 0.140 e. The molecule has 17 aromatic carbocycles. The third-order valence-electron chi connectivity index (χ3n) is 23.2. The Morgan fingerprint density at radius 2 is 0.664 bits per heavy atom. The predicted molar refractivity (Wildman–Crippen MR) is 491 cm³/mol. The van der Waals surface area contributed by atoms with Crippen molar-refractivity contribution in [1.29, 1.82) is 0 Å². The molecule has 0 aliphatic rings. The monoisotopic (exact) mass is 1480 g/mol. The lowest BCUT2D eigenvalue weighted by atomic mass is 9.85. The highest BCUT2D eigenvalue weighted by molar-refractivity contribution is 6.24. The number of benzene rings is 17. The Labute approximate surface area is 677 Å². The molecule has 0 saturated carbocycles. The molecule has 550 valence electrons. The van der Waals surface area contributed by atoms with E-state index in [1.165, 1.54) is 165 Å². The van der Waals surface area contributed by atoms with Gasteiger partial charge in [0.15, 0.2) is 0 Å². The van der Waals surface area contributed by atoms with E-state index < -0.39 is 0 Å². The van der Waals surface area contributed by atoms with Crippen LogP contribution in [-0.4, -0.2) is 15.7 Å². The molecule has 0 aliphatic heterocycles. The number of aryl methyl sites for hydroxylation is 2. The molecule has 0 aliphatic carbocycles. The minimum atomic E-state index is 0.618. The maximum Gasteiger partial charge on any atom is 0.140 e. The first-order chi connectivity index (χ1) is 57.3. The number of terminal acetylenes is 1. The molecule has 4 nitrogen and oxygen atoms in total. The highest BCUT2D eigenvalue weighted by Crippen LogP contribution is 2.50. The maximum atomic E-state index is 6.44. The van der Waals surface area contributed by atoms with Gasteiger partial charge in [-0.1, -0.05) is 282 Å². The fourth-order valence-electron chi connectivity index (χ4n) is 17.7. The standard InChI is InChI=1S/C112H80N2O2/c1-5-7-9-11-13-15-17-29-63-115-91-55-49-81-67-87(47-45-83(81)69-91)111-98-37-27-26-36-97(98)110(79-33-23-20-24-34-79)103-73-89(53-61-101(103)111)113-105-62-40-75(3)65-102(105)95-59-52-86(72-108(95)113)85-51-58-94-93-57-39-76(4)66-106(93)114(107(94)71-85)90-54-60-100-104(74-90)112(88-48-46-84-70-92(56-50-82(84)68-88)116-64-30-18-16-14-12-10-8-6-2)99-38-28-25-35-96(99)109(100)80-43-41-78(42-44-80)77-31-21-19-22-32-77/h1,19-28,31-62,65-74H,6,8,10,12,14,16,18,30,64H2,2-4H3. The van der Waals surface area contributed by atoms with E-state index in [9.17, 15) is 0 Å². The van der Waals surface area contributed by atoms with Crippen LogP contribution in [0.4, 0.5) is 0 Å². The molecule has 19 rings (SSSR count). The van der Waals surface area contributed by atoms with Gasteiger partial charge in [0.05, 0.1) is 28.7 Å². The highest BCUT2D eigenvalue weighted by Gasteiger charge is 2.24. The van der Waals surface area contributed by atoms with Gasteiger partial charge in [-0.2, -0.15) is 0 Å². The van der Waals surface area contributed by atoms with E-state index in [0.717, 1.165) is 96.0 Å². The van der Waals surface area contributed by atoms with Gasteiger partial charge in [-0.05, 0) is 272 Å². The van der Waals surface area contributed by atoms with Gasteiger partial charge in [-0.15, -0.1) is 6.42 Å². The molecule has 0 atom stereocenters. The van der Waals surface area contributed by atoms with Crippen molar-refractivity contribution in [2.24, 2.45) is 0 Å². The number of hydrogen-bond donors (Lipinski definition) is 0. The fraction of sp³-hybridized carbons (Fsp3) is 0.107. The molecular weight excluding hydrogens is 1410 g/mol. The zero-order valence-electron chi connectivity index (χ0n) is 65.2. The molecule has 0 radical (unpaired) electrons. The molecule has 0 N–H and O–H groups in total. The number of nitrogens with zero attached hydrogens (tertiary/aromatic N) is 2. The number of ether oxygens (including phenoxy) is 2. The minimum absolute atomic E-state index is 0.618. The summed E-state index contributed by atoms with van der Waals surface area (Å²) in [6.45, 7) is 7.42. The molecule has 0 amide bonds. The summed E-state index contributed by atoms with van der Waals surface area (Å²) in [6.07, 6.45) is 18.0. The van der Waals surface area contributed by atoms with E-state index in [0.29, 0.717) is 5.75 Å². The molecule has 0 saturated heterocycles. The Kier molecular flexibility index (Phi) is 19.4. The predicted octanol–water partition coefficient (Wildman–Crippen LogP) is 28.9. The molecular formula is C112H80N2O2. The van der Waals surface area contributed by atoms with Gasteiger partial charge in [0.2, 0.25) is 0 Å². The SMILES string of the molecule is C#CC#CC#CC#CC#COc1ccc2cc(-c3c4ccccc4c(-c4ccccc4)c4cc(-n5c6ccc(C)cc6c6ccc(-c7ccc8c9ccc(C)cc9n(-c9ccc%10c(-c%11ccc(-c%12ccccc%12)cc%11)c%11ccccc%11c(-c%11ccc%12cc(OCCCCCCCCCC)ccc%12c%11)c%10c9)c8c7)cc65)ccc34)ccc2c1. The lowest BCUT2D eigenvalue weighted by Crippen LogP contribution is -1.98. The third-order valence-corrected chi connectivity index (χ3v) is 23.2. The second kappa shape index (κ2) is 31.5. The van der Waals surface area contributed by atoms with Gasteiger partial charge >= 0.3 is 0 Å². The summed E-state index contributed by atoms with van der Waals surface area (Å²) >= 11 is 0. The van der Waals surface area contributed by atoms with Crippen molar-refractivity contribution in [3.63, 3.8) is 0 Å². The fourth-order valence-corrected chi connectivity index (χ4v) is 17.7. The van der Waals surface area contributed by atoms with Crippen LogP contribution in [-0.2, 0) is 0 Å². The van der Waals surface area contributed by atoms with Gasteiger partial charge in [-0.25, -0.2) is 0 Å². The van der Waals surface area contributed by atoms with Crippen LogP contribution >= 0.6 is 0 Å². The molecule has 2 heterocycles. The number of aromatic nitrogens is 2. The first-order valence-corrected chi connectivity index (χ1v) is 40.4. The van der Waals surface area contributed by atoms with Crippen LogP contribution in [0.15, 0.2) is 315 Å². The molecule has 2 aromatic heterocycles. The Morgan fingerprint density at radius 3 is 1.27 bits per heavy atom. The van der Waals surface area contributed by atoms with Crippen LogP contribution in [0, 0.1) is 73.7 Å². The Hall–Kier alpha value is -14.7. The van der Waals surface area contributed by atoms with Crippen molar-refractivity contribution in [2.75, 3.05) is 6.61 Å². The molecule has 0 bridgehead atoms. The van der Waals surface area contributed by atoms with Crippen molar-refractivity contribution in [2.45, 2.75) is 72.1 Å². The van der Waals surface area contributed by atoms with E-state index >= 15 is 0 Å². The van der Waals surface area contributed by atoms with Crippen molar-refractivity contribution < 1.29 is 9.47 Å². The summed E-state index contributed by atoms with van der Waals surface area (Å²) in [5.74, 6) is 22.0. The van der Waals surface area contributed by atoms with Crippen molar-refractivity contribution in [3.05, 3.63) is 327 Å². The van der Waals surface area contributed by atoms with Crippen molar-refractivity contribution in [1.82, 2.24) is 9.13 Å². The van der Waals surface area contributed by atoms with Gasteiger partial charge in [0.1, 0.15) is 17.6 Å². The average Bonchev–Trinajstić information content (AvgIpc) is 1.01. The quantitative estimate of drug-likeness (QED) is 0.0459. The molecule has 4 heteroatoms. The van der Waals surface area contributed by atoms with Crippen LogP contribution in [0.1, 0.15) is 69.4 Å². The largest absolute Gasteiger partial charge is 0.494 e. The number of rotatable bonds is 19. The Bertz CT molecular complexity index is 7480. The third kappa shape index (κ3) is 13.6. The van der Waals surface area contributed by atoms with Crippen LogP contribution in [0.2, 0.25) is 0 Å². The van der Waals surface area contributed by atoms with Crippen LogP contribution < -0.4 is 9.47 Å². The van der Waals surface area contributed by atoms with Crippen molar-refractivity contribution in [3.8, 4) is 150 Å². The van der Waals surface area contributed by atoms with Gasteiger partial charge in [-0.3, -0.25) is 0 Å². The van der Waals surface area contributed by atoms with Crippen LogP contribution in [0.5, 0.6) is 11.5 Å². The van der Waals surface area contributed by atoms with Crippen LogP contribution in [0.3, 0.4) is 0 Å². The van der Waals surface area contributed by atoms with E-state index in [-0.39, 0.29) is 0 Å². The normalized spacial score (nSPS) is 11.3. The van der Waals surface area contributed by atoms with E-state index in [1.54, 1.807) is 0 Å².